The zero-order valence-corrected chi connectivity index (χ0v) is 8.79. The van der Waals surface area contributed by atoms with Crippen LogP contribution in [0, 0.1) is 0 Å². The van der Waals surface area contributed by atoms with Gasteiger partial charge in [-0.3, -0.25) is 0 Å². The maximum atomic E-state index is 8.75. The first-order chi connectivity index (χ1) is 7.12. The highest BCUT2D eigenvalue weighted by atomic mass is 16.3. The molecule has 0 fully saturated rings. The highest BCUT2D eigenvalue weighted by molar-refractivity contribution is 4.51. The van der Waals surface area contributed by atoms with Crippen molar-refractivity contribution in [1.82, 2.24) is 0 Å². The van der Waals surface area contributed by atoms with Gasteiger partial charge in [0.15, 0.2) is 0 Å². The summed E-state index contributed by atoms with van der Waals surface area (Å²) < 4.78 is 0. The van der Waals surface area contributed by atoms with Gasteiger partial charge in [-0.15, -0.1) is 0 Å². The van der Waals surface area contributed by atoms with Gasteiger partial charge in [-0.25, -0.2) is 0 Å². The van der Waals surface area contributed by atoms with Crippen molar-refractivity contribution in [3.05, 3.63) is 0 Å². The van der Waals surface area contributed by atoms with E-state index in [1.807, 2.05) is 0 Å². The van der Waals surface area contributed by atoms with Crippen LogP contribution in [0.3, 0.4) is 0 Å². The van der Waals surface area contributed by atoms with E-state index >= 15 is 0 Å². The third kappa shape index (κ3) is 16.4. The second kappa shape index (κ2) is 13.8. The fraction of sp³-hybridized carbons (Fsp3) is 1.00. The summed E-state index contributed by atoms with van der Waals surface area (Å²) in [5.41, 5.74) is 0. The molecule has 0 aromatic rings. The Morgan fingerprint density at radius 3 is 1.40 bits per heavy atom. The zero-order valence-electron chi connectivity index (χ0n) is 8.79. The Kier molecular flexibility index (Phi) is 15.7. The van der Waals surface area contributed by atoms with E-state index in [2.05, 4.69) is 0 Å². The lowest BCUT2D eigenvalue weighted by molar-refractivity contribution is 0.0450. The first-order valence-corrected chi connectivity index (χ1v) is 4.91. The molecular weight excluding hydrogens is 204 g/mol. The van der Waals surface area contributed by atoms with Crippen LogP contribution < -0.4 is 0 Å². The van der Waals surface area contributed by atoms with Gasteiger partial charge in [0.2, 0.25) is 0 Å². The third-order valence-electron chi connectivity index (χ3n) is 1.58. The lowest BCUT2D eigenvalue weighted by Crippen LogP contribution is -2.15. The Balaban J connectivity index is 0. The summed E-state index contributed by atoms with van der Waals surface area (Å²) in [6.45, 7) is -0.740. The molecule has 1 atom stereocenters. The second-order valence-electron chi connectivity index (χ2n) is 3.07. The van der Waals surface area contributed by atoms with Gasteiger partial charge < -0.3 is 30.6 Å². The van der Waals surface area contributed by atoms with Gasteiger partial charge in [-0.2, -0.15) is 0 Å². The topological polar surface area (TPSA) is 121 Å². The standard InChI is InChI=1S/C6H14O3.C3H8O3/c7-4-2-1-3-6(9)5-8;4-1-3(6)2-5/h6-9H,1-5H2;3-6H,1-2H2. The molecule has 0 aromatic heterocycles. The van der Waals surface area contributed by atoms with Crippen LogP contribution in [-0.2, 0) is 0 Å². The van der Waals surface area contributed by atoms with Crippen LogP contribution in [0.5, 0.6) is 0 Å². The number of unbranched alkanes of at least 4 members (excludes halogenated alkanes) is 1. The number of hydrogen-bond acceptors (Lipinski definition) is 6. The highest BCUT2D eigenvalue weighted by Gasteiger charge is 1.99. The molecule has 0 aliphatic carbocycles. The maximum Gasteiger partial charge on any atom is 0.100 e. The minimum atomic E-state index is -0.954. The van der Waals surface area contributed by atoms with Gasteiger partial charge in [0.05, 0.1) is 25.9 Å². The van der Waals surface area contributed by atoms with E-state index < -0.39 is 12.2 Å². The van der Waals surface area contributed by atoms with E-state index in [1.54, 1.807) is 0 Å². The molecule has 0 bridgehead atoms. The van der Waals surface area contributed by atoms with E-state index in [0.29, 0.717) is 12.8 Å². The Bertz CT molecular complexity index is 107. The minimum absolute atomic E-state index is 0.165. The molecule has 0 aliphatic heterocycles. The largest absolute Gasteiger partial charge is 0.396 e. The number of rotatable bonds is 7. The zero-order chi connectivity index (χ0) is 12.1. The van der Waals surface area contributed by atoms with Crippen molar-refractivity contribution in [1.29, 1.82) is 0 Å². The molecule has 0 amide bonds. The van der Waals surface area contributed by atoms with Gasteiger partial charge in [0, 0.05) is 6.61 Å². The average Bonchev–Trinajstić information content (AvgIpc) is 2.28. The summed E-state index contributed by atoms with van der Waals surface area (Å²) in [7, 11) is 0. The van der Waals surface area contributed by atoms with Crippen LogP contribution >= 0.6 is 0 Å². The number of hydrogen-bond donors (Lipinski definition) is 6. The highest BCUT2D eigenvalue weighted by Crippen LogP contribution is 1.98. The summed E-state index contributed by atoms with van der Waals surface area (Å²) in [5.74, 6) is 0. The molecule has 15 heavy (non-hydrogen) atoms. The second-order valence-corrected chi connectivity index (χ2v) is 3.07. The predicted molar refractivity (Wildman–Crippen MR) is 54.2 cm³/mol. The molecule has 0 rings (SSSR count). The molecule has 6 nitrogen and oxygen atoms in total. The Morgan fingerprint density at radius 2 is 1.13 bits per heavy atom. The minimum Gasteiger partial charge on any atom is -0.396 e. The fourth-order valence-electron chi connectivity index (χ4n) is 0.641. The van der Waals surface area contributed by atoms with Crippen LogP contribution in [0.1, 0.15) is 19.3 Å². The average molecular weight is 226 g/mol. The van der Waals surface area contributed by atoms with E-state index in [0.717, 1.165) is 6.42 Å². The first-order valence-electron chi connectivity index (χ1n) is 4.91. The van der Waals surface area contributed by atoms with Crippen LogP contribution in [0.15, 0.2) is 0 Å². The molecule has 0 spiro atoms. The quantitative estimate of drug-likeness (QED) is 0.275. The molecule has 0 saturated carbocycles. The lowest BCUT2D eigenvalue weighted by Gasteiger charge is -2.03. The monoisotopic (exact) mass is 226 g/mol. The van der Waals surface area contributed by atoms with Crippen molar-refractivity contribution >= 4 is 0 Å². The lowest BCUT2D eigenvalue weighted by atomic mass is 10.2. The smallest absolute Gasteiger partial charge is 0.100 e. The molecule has 6 N–H and O–H groups in total. The van der Waals surface area contributed by atoms with Crippen LogP contribution in [0.25, 0.3) is 0 Å². The van der Waals surface area contributed by atoms with Crippen LogP contribution in [0.4, 0.5) is 0 Å². The van der Waals surface area contributed by atoms with Crippen LogP contribution in [-0.4, -0.2) is 69.3 Å². The Morgan fingerprint density at radius 1 is 0.667 bits per heavy atom. The molecule has 0 radical (unpaired) electrons. The molecule has 0 saturated heterocycles. The summed E-state index contributed by atoms with van der Waals surface area (Å²) in [6, 6.07) is 0. The third-order valence-corrected chi connectivity index (χ3v) is 1.58. The van der Waals surface area contributed by atoms with Crippen molar-refractivity contribution in [2.75, 3.05) is 26.4 Å². The summed E-state index contributed by atoms with van der Waals surface area (Å²) in [5, 5.41) is 49.4. The molecule has 1 unspecified atom stereocenters. The van der Waals surface area contributed by atoms with Crippen molar-refractivity contribution in [2.24, 2.45) is 0 Å². The summed E-state index contributed by atoms with van der Waals surface area (Å²) in [6.07, 6.45) is 0.508. The van der Waals surface area contributed by atoms with Crippen molar-refractivity contribution in [3.63, 3.8) is 0 Å². The first kappa shape index (κ1) is 17.2. The number of aliphatic hydroxyl groups is 6. The summed E-state index contributed by atoms with van der Waals surface area (Å²) in [4.78, 5) is 0. The SMILES string of the molecule is OCC(O)CO.OCCCCC(O)CO. The van der Waals surface area contributed by atoms with E-state index in [9.17, 15) is 0 Å². The van der Waals surface area contributed by atoms with Crippen molar-refractivity contribution in [3.8, 4) is 0 Å². The van der Waals surface area contributed by atoms with Crippen molar-refractivity contribution in [2.45, 2.75) is 31.5 Å². The van der Waals surface area contributed by atoms with Gasteiger partial charge in [0.25, 0.3) is 0 Å². The normalized spacial score (nSPS) is 12.2. The number of aliphatic hydroxyl groups excluding tert-OH is 6. The maximum absolute atomic E-state index is 8.75. The van der Waals surface area contributed by atoms with E-state index in [-0.39, 0.29) is 26.4 Å². The molecular formula is C9H22O6. The summed E-state index contributed by atoms with van der Waals surface area (Å²) >= 11 is 0. The molecule has 0 aliphatic rings. The Labute approximate surface area is 89.4 Å². The molecule has 94 valence electrons. The molecule has 0 heterocycles. The predicted octanol–water partition coefficient (Wildman–Crippen LogP) is -2.17. The van der Waals surface area contributed by atoms with E-state index in [4.69, 9.17) is 30.6 Å². The van der Waals surface area contributed by atoms with Crippen molar-refractivity contribution < 1.29 is 30.6 Å². The Hall–Kier alpha value is -0.240. The van der Waals surface area contributed by atoms with Crippen LogP contribution in [0.2, 0.25) is 0 Å². The van der Waals surface area contributed by atoms with E-state index in [1.165, 1.54) is 0 Å². The molecule has 0 aromatic carbocycles. The fourth-order valence-corrected chi connectivity index (χ4v) is 0.641. The van der Waals surface area contributed by atoms with Gasteiger partial charge >= 0.3 is 0 Å². The van der Waals surface area contributed by atoms with Gasteiger partial charge in [-0.05, 0) is 19.3 Å². The molecule has 6 heteroatoms. The van der Waals surface area contributed by atoms with Gasteiger partial charge in [-0.1, -0.05) is 0 Å². The van der Waals surface area contributed by atoms with Gasteiger partial charge in [0.1, 0.15) is 6.10 Å².